The SMILES string of the molecule is O=S(=O)(C=Cc1ccccc1)NCc1nnc2cc(C(F)(F)F)ccn12. The van der Waals surface area contributed by atoms with Crippen LogP contribution in [0.2, 0.25) is 0 Å². The van der Waals surface area contributed by atoms with E-state index in [9.17, 15) is 21.6 Å². The van der Waals surface area contributed by atoms with Crippen LogP contribution in [0.15, 0.2) is 54.1 Å². The van der Waals surface area contributed by atoms with Gasteiger partial charge in [-0.05, 0) is 23.8 Å². The Hall–Kier alpha value is -2.72. The molecule has 1 N–H and O–H groups in total. The number of sulfonamides is 1. The molecule has 0 saturated heterocycles. The van der Waals surface area contributed by atoms with Crippen LogP contribution in [0.5, 0.6) is 0 Å². The highest BCUT2D eigenvalue weighted by molar-refractivity contribution is 7.92. The second-order valence-electron chi connectivity index (χ2n) is 5.34. The van der Waals surface area contributed by atoms with Crippen LogP contribution >= 0.6 is 0 Å². The fraction of sp³-hybridized carbons (Fsp3) is 0.125. The number of hydrogen-bond acceptors (Lipinski definition) is 4. The van der Waals surface area contributed by atoms with Gasteiger partial charge in [-0.15, -0.1) is 10.2 Å². The number of benzene rings is 1. The Balaban J connectivity index is 1.74. The van der Waals surface area contributed by atoms with Gasteiger partial charge in [0.1, 0.15) is 0 Å². The van der Waals surface area contributed by atoms with Crippen molar-refractivity contribution in [2.45, 2.75) is 12.7 Å². The maximum atomic E-state index is 12.7. The first-order valence-corrected chi connectivity index (χ1v) is 8.93. The summed E-state index contributed by atoms with van der Waals surface area (Å²) in [6.07, 6.45) is -1.90. The molecule has 10 heteroatoms. The minimum atomic E-state index is -4.49. The van der Waals surface area contributed by atoms with Gasteiger partial charge in [-0.25, -0.2) is 13.1 Å². The van der Waals surface area contributed by atoms with E-state index in [1.54, 1.807) is 24.3 Å². The molecular formula is C16H13F3N4O2S. The van der Waals surface area contributed by atoms with E-state index in [0.29, 0.717) is 5.56 Å². The smallest absolute Gasteiger partial charge is 0.285 e. The fourth-order valence-corrected chi connectivity index (χ4v) is 2.95. The summed E-state index contributed by atoms with van der Waals surface area (Å²) in [5, 5.41) is 8.39. The predicted octanol–water partition coefficient (Wildman–Crippen LogP) is 2.84. The van der Waals surface area contributed by atoms with Gasteiger partial charge in [0.05, 0.1) is 12.1 Å². The monoisotopic (exact) mass is 382 g/mol. The first-order valence-electron chi connectivity index (χ1n) is 7.38. The van der Waals surface area contributed by atoms with Crippen LogP contribution in [0.25, 0.3) is 11.7 Å². The van der Waals surface area contributed by atoms with Crippen LogP contribution in [0.1, 0.15) is 17.0 Å². The minimum absolute atomic E-state index is 0.0196. The third kappa shape index (κ3) is 4.27. The number of fused-ring (bicyclic) bond motifs is 1. The summed E-state index contributed by atoms with van der Waals surface area (Å²) >= 11 is 0. The maximum absolute atomic E-state index is 12.7. The van der Waals surface area contributed by atoms with Gasteiger partial charge in [-0.3, -0.25) is 4.40 Å². The third-order valence-corrected chi connectivity index (χ3v) is 4.52. The van der Waals surface area contributed by atoms with E-state index in [2.05, 4.69) is 14.9 Å². The summed E-state index contributed by atoms with van der Waals surface area (Å²) in [6.45, 7) is -0.214. The van der Waals surface area contributed by atoms with Crippen molar-refractivity contribution in [2.75, 3.05) is 0 Å². The Morgan fingerprint density at radius 2 is 1.85 bits per heavy atom. The highest BCUT2D eigenvalue weighted by atomic mass is 32.2. The zero-order valence-electron chi connectivity index (χ0n) is 13.2. The summed E-state index contributed by atoms with van der Waals surface area (Å²) in [7, 11) is -3.75. The topological polar surface area (TPSA) is 76.4 Å². The van der Waals surface area contributed by atoms with Gasteiger partial charge >= 0.3 is 6.18 Å². The van der Waals surface area contributed by atoms with Crippen LogP contribution in [0.3, 0.4) is 0 Å². The summed E-state index contributed by atoms with van der Waals surface area (Å²) in [6, 6.07) is 10.6. The van der Waals surface area contributed by atoms with Crippen LogP contribution in [0, 0.1) is 0 Å². The van der Waals surface area contributed by atoms with Crippen molar-refractivity contribution in [3.05, 3.63) is 71.0 Å². The van der Waals surface area contributed by atoms with E-state index in [4.69, 9.17) is 0 Å². The molecular weight excluding hydrogens is 369 g/mol. The lowest BCUT2D eigenvalue weighted by Gasteiger charge is -2.07. The summed E-state index contributed by atoms with van der Waals surface area (Å²) < 4.78 is 65.7. The zero-order valence-corrected chi connectivity index (χ0v) is 14.0. The van der Waals surface area contributed by atoms with Crippen molar-refractivity contribution in [1.82, 2.24) is 19.3 Å². The van der Waals surface area contributed by atoms with E-state index < -0.39 is 21.8 Å². The number of rotatable bonds is 5. The second-order valence-corrected chi connectivity index (χ2v) is 6.99. The van der Waals surface area contributed by atoms with E-state index in [0.717, 1.165) is 23.7 Å². The highest BCUT2D eigenvalue weighted by Gasteiger charge is 2.31. The maximum Gasteiger partial charge on any atom is 0.416 e. The molecule has 0 saturated carbocycles. The summed E-state index contributed by atoms with van der Waals surface area (Å²) in [5.74, 6) is 0.172. The first kappa shape index (κ1) is 18.1. The average Bonchev–Trinajstić information content (AvgIpc) is 3.01. The van der Waals surface area contributed by atoms with E-state index in [1.165, 1.54) is 10.5 Å². The summed E-state index contributed by atoms with van der Waals surface area (Å²) in [5.41, 5.74) is -0.158. The minimum Gasteiger partial charge on any atom is -0.285 e. The molecule has 0 amide bonds. The van der Waals surface area contributed by atoms with Gasteiger partial charge in [-0.2, -0.15) is 13.2 Å². The Labute approximate surface area is 147 Å². The van der Waals surface area contributed by atoms with Gasteiger partial charge in [0.25, 0.3) is 0 Å². The number of halogens is 3. The third-order valence-electron chi connectivity index (χ3n) is 3.48. The van der Waals surface area contributed by atoms with Gasteiger partial charge in [-0.1, -0.05) is 30.3 Å². The van der Waals surface area contributed by atoms with Crippen molar-refractivity contribution in [3.63, 3.8) is 0 Å². The largest absolute Gasteiger partial charge is 0.416 e. The van der Waals surface area contributed by atoms with E-state index in [1.807, 2.05) is 6.07 Å². The molecule has 3 aromatic rings. The van der Waals surface area contributed by atoms with Gasteiger partial charge in [0.2, 0.25) is 10.0 Å². The molecule has 26 heavy (non-hydrogen) atoms. The van der Waals surface area contributed by atoms with Crippen molar-refractivity contribution in [1.29, 1.82) is 0 Å². The molecule has 2 heterocycles. The zero-order chi connectivity index (χ0) is 18.8. The molecule has 3 rings (SSSR count). The lowest BCUT2D eigenvalue weighted by atomic mass is 10.2. The molecule has 0 unspecified atom stereocenters. The number of aromatic nitrogens is 3. The molecule has 1 aromatic carbocycles. The van der Waals surface area contributed by atoms with Crippen LogP contribution in [0.4, 0.5) is 13.2 Å². The van der Waals surface area contributed by atoms with E-state index in [-0.39, 0.29) is 18.0 Å². The second kappa shape index (κ2) is 6.89. The Bertz CT molecular complexity index is 1040. The Kier molecular flexibility index (Phi) is 4.79. The van der Waals surface area contributed by atoms with Gasteiger partial charge in [0, 0.05) is 11.6 Å². The van der Waals surface area contributed by atoms with Crippen LogP contribution in [-0.2, 0) is 22.7 Å². The first-order chi connectivity index (χ1) is 12.2. The Morgan fingerprint density at radius 3 is 2.54 bits per heavy atom. The van der Waals surface area contributed by atoms with Crippen LogP contribution in [-0.4, -0.2) is 23.0 Å². The standard InChI is InChI=1S/C16H13F3N4O2S/c17-16(18,19)13-6-8-23-14(10-13)21-22-15(23)11-20-26(24,25)9-7-12-4-2-1-3-5-12/h1-10,20H,11H2. The molecule has 0 atom stereocenters. The molecule has 0 radical (unpaired) electrons. The molecule has 136 valence electrons. The molecule has 0 fully saturated rings. The number of hydrogen-bond donors (Lipinski definition) is 1. The summed E-state index contributed by atoms with van der Waals surface area (Å²) in [4.78, 5) is 0. The van der Waals surface area contributed by atoms with Gasteiger partial charge in [0.15, 0.2) is 11.5 Å². The molecule has 0 aliphatic carbocycles. The van der Waals surface area contributed by atoms with Crippen molar-refractivity contribution < 1.29 is 21.6 Å². The highest BCUT2D eigenvalue weighted by Crippen LogP contribution is 2.29. The lowest BCUT2D eigenvalue weighted by molar-refractivity contribution is -0.137. The number of nitrogens with zero attached hydrogens (tertiary/aromatic N) is 3. The molecule has 0 bridgehead atoms. The Morgan fingerprint density at radius 1 is 1.12 bits per heavy atom. The fourth-order valence-electron chi connectivity index (χ4n) is 2.18. The molecule has 2 aromatic heterocycles. The predicted molar refractivity (Wildman–Crippen MR) is 89.2 cm³/mol. The lowest BCUT2D eigenvalue weighted by Crippen LogP contribution is -2.22. The van der Waals surface area contributed by atoms with Crippen LogP contribution < -0.4 is 4.72 Å². The number of nitrogens with one attached hydrogen (secondary N) is 1. The number of pyridine rings is 1. The average molecular weight is 382 g/mol. The van der Waals surface area contributed by atoms with E-state index >= 15 is 0 Å². The van der Waals surface area contributed by atoms with Gasteiger partial charge < -0.3 is 0 Å². The van der Waals surface area contributed by atoms with Crippen molar-refractivity contribution in [3.8, 4) is 0 Å². The molecule has 0 spiro atoms. The van der Waals surface area contributed by atoms with Crippen molar-refractivity contribution >= 4 is 21.7 Å². The van der Waals surface area contributed by atoms with Crippen molar-refractivity contribution in [2.24, 2.45) is 0 Å². The molecule has 0 aliphatic heterocycles. The molecule has 6 nitrogen and oxygen atoms in total. The number of alkyl halides is 3. The molecule has 0 aliphatic rings. The normalized spacial score (nSPS) is 12.9. The quantitative estimate of drug-likeness (QED) is 0.736.